The molecule has 0 radical (unpaired) electrons. The van der Waals surface area contributed by atoms with Gasteiger partial charge < -0.3 is 24.2 Å². The molecule has 8 rings (SSSR count). The SMILES string of the molecule is O=C(O[C@@H](Cc1c(Cl)c[n+]([O-])cc1Cl)c1ccc(OC(F)F)c(OCC2CC2)c1)c1cccc(S(=O)(=O)NC(C(=O)O[C@H]2CN3CCC2CC3)c2ccccc2F)c1. The number of nitrogens with one attached hydrogen (secondary N) is 1. The fourth-order valence-corrected chi connectivity index (χ4v) is 8.89. The van der Waals surface area contributed by atoms with Crippen LogP contribution in [0.1, 0.15) is 64.9 Å². The molecule has 3 aromatic carbocycles. The van der Waals surface area contributed by atoms with E-state index in [1.807, 2.05) is 0 Å². The Labute approximate surface area is 342 Å². The van der Waals surface area contributed by atoms with Gasteiger partial charge in [-0.3, -0.25) is 4.90 Å². The van der Waals surface area contributed by atoms with Crippen LogP contribution in [0.15, 0.2) is 84.0 Å². The summed E-state index contributed by atoms with van der Waals surface area (Å²) in [5.74, 6) is -2.78. The zero-order chi connectivity index (χ0) is 41.1. The molecule has 18 heteroatoms. The van der Waals surface area contributed by atoms with Gasteiger partial charge >= 0.3 is 18.6 Å². The lowest BCUT2D eigenvalue weighted by molar-refractivity contribution is -0.605. The third kappa shape index (κ3) is 9.97. The maximum Gasteiger partial charge on any atom is 0.387 e. The molecule has 308 valence electrons. The standard InChI is InChI=1S/C40H38Cl2F3N3O9S/c41-30-19-48(51)20-31(42)29(30)18-34(25-10-11-33(57-40(44)45)35(17-25)54-22-23-8-9-23)55-38(49)26-4-3-5-27(16-26)58(52,53)46-37(28-6-1-2-7-32(28)43)39(50)56-36-21-47-14-12-24(36)13-15-47/h1-7,10-11,16-17,19-20,23-24,34,36-37,40,46H,8-9,12-15,18,21-22H2/t34-,36-,37?/m0/s1. The molecular weight excluding hydrogens is 826 g/mol. The highest BCUT2D eigenvalue weighted by Gasteiger charge is 2.39. The molecule has 4 aromatic rings. The van der Waals surface area contributed by atoms with Crippen molar-refractivity contribution in [3.05, 3.63) is 122 Å². The van der Waals surface area contributed by atoms with E-state index in [9.17, 15) is 32.0 Å². The van der Waals surface area contributed by atoms with Crippen LogP contribution in [-0.2, 0) is 30.7 Å². The molecule has 3 atom stereocenters. The highest BCUT2D eigenvalue weighted by molar-refractivity contribution is 7.89. The summed E-state index contributed by atoms with van der Waals surface area (Å²) in [6.45, 7) is -0.691. The van der Waals surface area contributed by atoms with E-state index in [1.54, 1.807) is 0 Å². The number of hydrogen-bond acceptors (Lipinski definition) is 10. The van der Waals surface area contributed by atoms with Gasteiger partial charge in [0.05, 0.1) is 17.1 Å². The fourth-order valence-electron chi connectivity index (χ4n) is 7.08. The lowest BCUT2D eigenvalue weighted by Gasteiger charge is -2.44. The average Bonchev–Trinajstić information content (AvgIpc) is 4.03. The number of alkyl halides is 2. The van der Waals surface area contributed by atoms with E-state index in [0.717, 1.165) is 63.3 Å². The molecule has 58 heavy (non-hydrogen) atoms. The number of rotatable bonds is 16. The van der Waals surface area contributed by atoms with Crippen molar-refractivity contribution in [3.63, 3.8) is 0 Å². The quantitative estimate of drug-likeness (QED) is 0.0713. The van der Waals surface area contributed by atoms with E-state index in [1.165, 1.54) is 54.6 Å². The predicted molar refractivity (Wildman–Crippen MR) is 204 cm³/mol. The molecule has 3 aliphatic heterocycles. The molecule has 3 saturated heterocycles. The second kappa shape index (κ2) is 17.7. The van der Waals surface area contributed by atoms with E-state index in [4.69, 9.17) is 37.4 Å². The Bertz CT molecular complexity index is 2250. The summed E-state index contributed by atoms with van der Waals surface area (Å²) >= 11 is 12.8. The Balaban J connectivity index is 1.16. The zero-order valence-electron chi connectivity index (χ0n) is 30.7. The molecular formula is C40H38Cl2F3N3O9S. The summed E-state index contributed by atoms with van der Waals surface area (Å²) in [4.78, 5) is 29.3. The minimum atomic E-state index is -4.64. The van der Waals surface area contributed by atoms with Gasteiger partial charge in [0, 0.05) is 24.1 Å². The largest absolute Gasteiger partial charge is 0.619 e. The molecule has 4 heterocycles. The zero-order valence-corrected chi connectivity index (χ0v) is 33.0. The van der Waals surface area contributed by atoms with Gasteiger partial charge in [-0.25, -0.2) is 22.4 Å². The van der Waals surface area contributed by atoms with E-state index < -0.39 is 57.5 Å². The number of hydrogen-bond donors (Lipinski definition) is 1. The number of esters is 2. The van der Waals surface area contributed by atoms with Crippen LogP contribution < -0.4 is 18.9 Å². The highest BCUT2D eigenvalue weighted by atomic mass is 35.5. The Morgan fingerprint density at radius 2 is 1.67 bits per heavy atom. The van der Waals surface area contributed by atoms with Gasteiger partial charge in [0.2, 0.25) is 10.0 Å². The summed E-state index contributed by atoms with van der Waals surface area (Å²) < 4.78 is 94.6. The van der Waals surface area contributed by atoms with Crippen molar-refractivity contribution in [1.29, 1.82) is 0 Å². The normalized spacial score (nSPS) is 20.0. The third-order valence-corrected chi connectivity index (χ3v) is 12.5. The average molecular weight is 865 g/mol. The van der Waals surface area contributed by atoms with Crippen molar-refractivity contribution in [3.8, 4) is 11.5 Å². The topological polar surface area (TPSA) is 147 Å². The molecule has 0 amide bonds. The number of fused-ring (bicyclic) bond motifs is 3. The summed E-state index contributed by atoms with van der Waals surface area (Å²) in [6.07, 6.45) is 3.60. The number of sulfonamides is 1. The third-order valence-electron chi connectivity index (χ3n) is 10.4. The number of piperidine rings is 3. The van der Waals surface area contributed by atoms with Crippen LogP contribution in [0.4, 0.5) is 13.2 Å². The number of carbonyl (C=O) groups excluding carboxylic acids is 2. The molecule has 4 aliphatic rings. The Morgan fingerprint density at radius 3 is 2.33 bits per heavy atom. The van der Waals surface area contributed by atoms with Crippen molar-refractivity contribution in [2.75, 3.05) is 26.2 Å². The number of nitrogens with zero attached hydrogens (tertiary/aromatic N) is 2. The second-order valence-corrected chi connectivity index (χ2v) is 17.0. The minimum absolute atomic E-state index is 0.0380. The van der Waals surface area contributed by atoms with Gasteiger partial charge in [-0.2, -0.15) is 18.2 Å². The van der Waals surface area contributed by atoms with Gasteiger partial charge in [-0.05, 0) is 92.6 Å². The van der Waals surface area contributed by atoms with Gasteiger partial charge in [0.1, 0.15) is 34.1 Å². The van der Waals surface area contributed by atoms with Crippen molar-refractivity contribution in [1.82, 2.24) is 9.62 Å². The number of ether oxygens (including phenoxy) is 4. The molecule has 0 spiro atoms. The predicted octanol–water partition coefficient (Wildman–Crippen LogP) is 6.95. The number of carbonyl (C=O) groups is 2. The lowest BCUT2D eigenvalue weighted by Crippen LogP contribution is -2.52. The first-order valence-corrected chi connectivity index (χ1v) is 20.8. The fraction of sp³-hybridized carbons (Fsp3) is 0.375. The summed E-state index contributed by atoms with van der Waals surface area (Å²) in [6, 6.07) is 12.2. The van der Waals surface area contributed by atoms with E-state index in [2.05, 4.69) is 14.4 Å². The lowest BCUT2D eigenvalue weighted by atomic mass is 9.86. The van der Waals surface area contributed by atoms with Crippen molar-refractivity contribution in [2.45, 2.75) is 61.9 Å². The maximum absolute atomic E-state index is 15.2. The summed E-state index contributed by atoms with van der Waals surface area (Å²) in [5.41, 5.74) is -0.0320. The molecule has 1 N–H and O–H groups in total. The highest BCUT2D eigenvalue weighted by Crippen LogP contribution is 2.38. The van der Waals surface area contributed by atoms with Crippen molar-refractivity contribution in [2.24, 2.45) is 11.8 Å². The van der Waals surface area contributed by atoms with Gasteiger partial charge in [0.15, 0.2) is 23.9 Å². The van der Waals surface area contributed by atoms with Crippen molar-refractivity contribution < 1.29 is 54.9 Å². The first kappa shape index (κ1) is 41.5. The Kier molecular flexibility index (Phi) is 12.7. The number of halogens is 5. The first-order chi connectivity index (χ1) is 27.7. The van der Waals surface area contributed by atoms with Gasteiger partial charge in [0.25, 0.3) is 0 Å². The second-order valence-electron chi connectivity index (χ2n) is 14.4. The van der Waals surface area contributed by atoms with Crippen LogP contribution in [0.2, 0.25) is 10.0 Å². The molecule has 1 aromatic heterocycles. The molecule has 2 bridgehead atoms. The summed E-state index contributed by atoms with van der Waals surface area (Å²) in [5, 5.41) is 11.9. The molecule has 1 aliphatic carbocycles. The number of benzene rings is 3. The molecule has 12 nitrogen and oxygen atoms in total. The number of pyridine rings is 1. The molecule has 1 unspecified atom stereocenters. The maximum atomic E-state index is 15.2. The molecule has 1 saturated carbocycles. The first-order valence-electron chi connectivity index (χ1n) is 18.5. The van der Waals surface area contributed by atoms with Crippen LogP contribution >= 0.6 is 23.2 Å². The molecule has 4 fully saturated rings. The van der Waals surface area contributed by atoms with Gasteiger partial charge in [-0.1, -0.05) is 53.5 Å². The Morgan fingerprint density at radius 1 is 0.948 bits per heavy atom. The minimum Gasteiger partial charge on any atom is -0.619 e. The van der Waals surface area contributed by atoms with Crippen LogP contribution in [-0.4, -0.2) is 64.2 Å². The summed E-state index contributed by atoms with van der Waals surface area (Å²) in [7, 11) is -4.64. The monoisotopic (exact) mass is 863 g/mol. The smallest absolute Gasteiger partial charge is 0.387 e. The van der Waals surface area contributed by atoms with Crippen LogP contribution in [0.3, 0.4) is 0 Å². The van der Waals surface area contributed by atoms with Gasteiger partial charge in [-0.15, -0.1) is 0 Å². The van der Waals surface area contributed by atoms with E-state index in [0.29, 0.717) is 11.3 Å². The van der Waals surface area contributed by atoms with E-state index >= 15 is 4.39 Å². The Hall–Kier alpha value is -4.61. The van der Waals surface area contributed by atoms with Crippen LogP contribution in [0.25, 0.3) is 0 Å². The van der Waals surface area contributed by atoms with Crippen LogP contribution in [0.5, 0.6) is 11.5 Å². The van der Waals surface area contributed by atoms with E-state index in [-0.39, 0.29) is 68.7 Å². The number of aromatic nitrogens is 1. The van der Waals surface area contributed by atoms with Crippen LogP contribution in [0, 0.1) is 22.9 Å². The van der Waals surface area contributed by atoms with Crippen molar-refractivity contribution >= 4 is 45.2 Å².